The molecule has 0 unspecified atom stereocenters. The molecule has 2 N–H and O–H groups in total. The third kappa shape index (κ3) is 4.98. The highest BCUT2D eigenvalue weighted by atomic mass is 32.2. The van der Waals surface area contributed by atoms with Crippen molar-refractivity contribution in [3.63, 3.8) is 0 Å². The lowest BCUT2D eigenvalue weighted by Crippen LogP contribution is -2.08. The number of benzene rings is 2. The van der Waals surface area contributed by atoms with Crippen molar-refractivity contribution in [2.24, 2.45) is 0 Å². The Labute approximate surface area is 170 Å². The van der Waals surface area contributed by atoms with Crippen LogP contribution in [0, 0.1) is 5.82 Å². The first kappa shape index (κ1) is 20.9. The van der Waals surface area contributed by atoms with E-state index >= 15 is 0 Å². The van der Waals surface area contributed by atoms with Gasteiger partial charge in [0.25, 0.3) is 0 Å². The third-order valence-electron chi connectivity index (χ3n) is 4.72. The fraction of sp³-hybridized carbons (Fsp3) is 0.273. The molecule has 7 heteroatoms. The molecule has 152 valence electrons. The van der Waals surface area contributed by atoms with Crippen LogP contribution in [0.2, 0.25) is 0 Å². The molecule has 29 heavy (non-hydrogen) atoms. The number of nitrogen functional groups attached to an aromatic ring is 1. The van der Waals surface area contributed by atoms with Gasteiger partial charge < -0.3 is 5.73 Å². The van der Waals surface area contributed by atoms with Crippen LogP contribution in [0.3, 0.4) is 0 Å². The van der Waals surface area contributed by atoms with Crippen molar-refractivity contribution >= 4 is 15.7 Å². The van der Waals surface area contributed by atoms with Gasteiger partial charge in [0.2, 0.25) is 0 Å². The van der Waals surface area contributed by atoms with Crippen LogP contribution in [0.1, 0.15) is 32.6 Å². The van der Waals surface area contributed by atoms with Gasteiger partial charge in [-0.3, -0.25) is 4.98 Å². The summed E-state index contributed by atoms with van der Waals surface area (Å²) in [6, 6.07) is 11.3. The molecule has 0 saturated carbocycles. The first-order valence-electron chi connectivity index (χ1n) is 9.62. The molecule has 0 aliphatic rings. The van der Waals surface area contributed by atoms with Crippen LogP contribution in [0.15, 0.2) is 59.8 Å². The Morgan fingerprint density at radius 3 is 2.45 bits per heavy atom. The van der Waals surface area contributed by atoms with Gasteiger partial charge in [-0.25, -0.2) is 17.8 Å². The number of hydrogen-bond donors (Lipinski definition) is 1. The highest BCUT2D eigenvalue weighted by molar-refractivity contribution is 7.91. The zero-order chi connectivity index (χ0) is 20.9. The molecule has 3 aromatic rings. The molecule has 0 amide bonds. The van der Waals surface area contributed by atoms with Gasteiger partial charge >= 0.3 is 0 Å². The fourth-order valence-electron chi connectivity index (χ4n) is 3.17. The predicted molar refractivity (Wildman–Crippen MR) is 113 cm³/mol. The number of unbranched alkanes of at least 4 members (excludes halogenated alkanes) is 3. The highest BCUT2D eigenvalue weighted by Gasteiger charge is 2.20. The maximum Gasteiger partial charge on any atom is 0.178 e. The molecule has 0 atom stereocenters. The second kappa shape index (κ2) is 9.13. The number of nitrogens with two attached hydrogens (primary N) is 1. The Bertz CT molecular complexity index is 1080. The van der Waals surface area contributed by atoms with Gasteiger partial charge in [-0.05, 0) is 30.2 Å². The number of aromatic nitrogens is 2. The van der Waals surface area contributed by atoms with Gasteiger partial charge in [0.05, 0.1) is 28.7 Å². The van der Waals surface area contributed by atoms with E-state index in [9.17, 15) is 12.8 Å². The summed E-state index contributed by atoms with van der Waals surface area (Å²) in [5, 5.41) is 0. The van der Waals surface area contributed by atoms with Crippen molar-refractivity contribution in [1.29, 1.82) is 0 Å². The average molecular weight is 414 g/mol. The van der Waals surface area contributed by atoms with E-state index in [1.165, 1.54) is 18.5 Å². The molecule has 0 spiro atoms. The number of hydrogen-bond acceptors (Lipinski definition) is 5. The number of anilines is 1. The number of rotatable bonds is 8. The van der Waals surface area contributed by atoms with Crippen molar-refractivity contribution in [3.8, 4) is 22.4 Å². The zero-order valence-corrected chi connectivity index (χ0v) is 17.1. The summed E-state index contributed by atoms with van der Waals surface area (Å²) in [5.41, 5.74) is 7.17. The average Bonchev–Trinajstić information content (AvgIpc) is 2.72. The molecule has 2 aromatic carbocycles. The fourth-order valence-corrected chi connectivity index (χ4v) is 4.78. The monoisotopic (exact) mass is 413 g/mol. The Morgan fingerprint density at radius 2 is 1.76 bits per heavy atom. The van der Waals surface area contributed by atoms with Crippen LogP contribution >= 0.6 is 0 Å². The molecule has 0 saturated heterocycles. The lowest BCUT2D eigenvalue weighted by atomic mass is 10.0. The van der Waals surface area contributed by atoms with Crippen molar-refractivity contribution in [2.45, 2.75) is 37.5 Å². The van der Waals surface area contributed by atoms with Gasteiger partial charge in [-0.1, -0.05) is 50.5 Å². The highest BCUT2D eigenvalue weighted by Crippen LogP contribution is 2.31. The van der Waals surface area contributed by atoms with Crippen LogP contribution in [-0.2, 0) is 9.84 Å². The van der Waals surface area contributed by atoms with Gasteiger partial charge in [0, 0.05) is 11.1 Å². The summed E-state index contributed by atoms with van der Waals surface area (Å²) >= 11 is 0. The van der Waals surface area contributed by atoms with Crippen molar-refractivity contribution < 1.29 is 12.8 Å². The minimum atomic E-state index is -3.46. The van der Waals surface area contributed by atoms with Crippen molar-refractivity contribution in [1.82, 2.24) is 9.97 Å². The van der Waals surface area contributed by atoms with E-state index in [0.29, 0.717) is 23.2 Å². The van der Waals surface area contributed by atoms with E-state index in [-0.39, 0.29) is 22.0 Å². The summed E-state index contributed by atoms with van der Waals surface area (Å²) in [5.74, 6) is -0.161. The zero-order valence-electron chi connectivity index (χ0n) is 16.3. The van der Waals surface area contributed by atoms with E-state index in [1.807, 2.05) is 0 Å². The lowest BCUT2D eigenvalue weighted by molar-refractivity contribution is 0.589. The summed E-state index contributed by atoms with van der Waals surface area (Å²) < 4.78 is 40.5. The molecule has 5 nitrogen and oxygen atoms in total. The standard InChI is InChI=1S/C22H24FN3O2S/c1-2-3-4-7-12-29(27,28)21-9-6-5-8-17(21)16-10-11-18(19(23)13-16)20-14-26-22(24)15-25-20/h5-6,8-11,13-15H,2-4,7,12H2,1H3,(H2,24,26). The van der Waals surface area contributed by atoms with Crippen LogP contribution < -0.4 is 5.73 Å². The SMILES string of the molecule is CCCCCCS(=O)(=O)c1ccccc1-c1ccc(-c2cnc(N)cn2)c(F)c1. The van der Waals surface area contributed by atoms with Crippen LogP contribution in [-0.4, -0.2) is 24.1 Å². The number of sulfone groups is 1. The maximum atomic E-state index is 14.8. The maximum absolute atomic E-state index is 14.8. The normalized spacial score (nSPS) is 11.5. The van der Waals surface area contributed by atoms with Crippen molar-refractivity contribution in [2.75, 3.05) is 11.5 Å². The molecule has 0 bridgehead atoms. The first-order chi connectivity index (χ1) is 13.9. The smallest absolute Gasteiger partial charge is 0.178 e. The number of halogens is 1. The third-order valence-corrected chi connectivity index (χ3v) is 6.57. The molecule has 1 heterocycles. The van der Waals surface area contributed by atoms with Gasteiger partial charge in [0.1, 0.15) is 11.6 Å². The number of nitrogens with zero attached hydrogens (tertiary/aromatic N) is 2. The van der Waals surface area contributed by atoms with Crippen molar-refractivity contribution in [3.05, 3.63) is 60.7 Å². The summed E-state index contributed by atoms with van der Waals surface area (Å²) in [7, 11) is -3.46. The van der Waals surface area contributed by atoms with Gasteiger partial charge in [-0.15, -0.1) is 0 Å². The molecule has 0 aliphatic carbocycles. The Kier molecular flexibility index (Phi) is 6.59. The molecule has 3 rings (SSSR count). The Balaban J connectivity index is 1.93. The second-order valence-electron chi connectivity index (χ2n) is 6.90. The first-order valence-corrected chi connectivity index (χ1v) is 11.3. The second-order valence-corrected chi connectivity index (χ2v) is 8.97. The van der Waals surface area contributed by atoms with E-state index in [1.54, 1.807) is 36.4 Å². The van der Waals surface area contributed by atoms with Crippen LogP contribution in [0.25, 0.3) is 22.4 Å². The predicted octanol–water partition coefficient (Wildman–Crippen LogP) is 4.89. The van der Waals surface area contributed by atoms with E-state index < -0.39 is 15.7 Å². The summed E-state index contributed by atoms with van der Waals surface area (Å²) in [4.78, 5) is 8.26. The molecule has 0 radical (unpaired) electrons. The molecule has 1 aromatic heterocycles. The van der Waals surface area contributed by atoms with Crippen LogP contribution in [0.4, 0.5) is 10.2 Å². The Morgan fingerprint density at radius 1 is 0.966 bits per heavy atom. The van der Waals surface area contributed by atoms with E-state index in [4.69, 9.17) is 5.73 Å². The minimum absolute atomic E-state index is 0.0889. The minimum Gasteiger partial charge on any atom is -0.382 e. The van der Waals surface area contributed by atoms with E-state index in [2.05, 4.69) is 16.9 Å². The molecule has 0 aliphatic heterocycles. The topological polar surface area (TPSA) is 85.9 Å². The quantitative estimate of drug-likeness (QED) is 0.532. The molecular formula is C22H24FN3O2S. The summed E-state index contributed by atoms with van der Waals surface area (Å²) in [6.45, 7) is 2.08. The Hall–Kier alpha value is -2.80. The van der Waals surface area contributed by atoms with Crippen LogP contribution in [0.5, 0.6) is 0 Å². The largest absolute Gasteiger partial charge is 0.382 e. The van der Waals surface area contributed by atoms with Gasteiger partial charge in [-0.2, -0.15) is 0 Å². The van der Waals surface area contributed by atoms with E-state index in [0.717, 1.165) is 19.3 Å². The lowest BCUT2D eigenvalue weighted by Gasteiger charge is -2.12. The van der Waals surface area contributed by atoms with Gasteiger partial charge in [0.15, 0.2) is 9.84 Å². The molecule has 0 fully saturated rings. The molecular weight excluding hydrogens is 389 g/mol. The summed E-state index contributed by atoms with van der Waals surface area (Å²) in [6.07, 6.45) is 6.32.